The lowest BCUT2D eigenvalue weighted by Gasteiger charge is -2.17. The van der Waals surface area contributed by atoms with Crippen LogP contribution in [0, 0.1) is 0 Å². The number of fused-ring (bicyclic) bond motifs is 3. The van der Waals surface area contributed by atoms with Crippen LogP contribution in [-0.2, 0) is 6.54 Å². The summed E-state index contributed by atoms with van der Waals surface area (Å²) in [7, 11) is 3.89. The van der Waals surface area contributed by atoms with E-state index in [2.05, 4.69) is 15.2 Å². The molecule has 0 unspecified atom stereocenters. The molecule has 2 aromatic heterocycles. The molecule has 0 aliphatic carbocycles. The molecule has 7 nitrogen and oxygen atoms in total. The van der Waals surface area contributed by atoms with E-state index in [1.807, 2.05) is 43.3 Å². The van der Waals surface area contributed by atoms with E-state index in [4.69, 9.17) is 0 Å². The zero-order valence-electron chi connectivity index (χ0n) is 13.3. The highest BCUT2D eigenvalue weighted by atomic mass is 16.2. The molecule has 0 saturated carbocycles. The molecule has 2 amide bonds. The lowest BCUT2D eigenvalue weighted by atomic mass is 10.1. The van der Waals surface area contributed by atoms with E-state index >= 15 is 0 Å². The van der Waals surface area contributed by atoms with Crippen LogP contribution in [0.25, 0.3) is 11.0 Å². The van der Waals surface area contributed by atoms with Crippen molar-refractivity contribution in [2.45, 2.75) is 6.54 Å². The van der Waals surface area contributed by atoms with E-state index in [1.54, 1.807) is 0 Å². The van der Waals surface area contributed by atoms with E-state index in [1.165, 1.54) is 17.3 Å². The molecule has 0 spiro atoms. The summed E-state index contributed by atoms with van der Waals surface area (Å²) in [6, 6.07) is 7.76. The highest BCUT2D eigenvalue weighted by Gasteiger charge is 2.37. The molecule has 120 valence electrons. The predicted octanol–water partition coefficient (Wildman–Crippen LogP) is 1.82. The standard InChI is InChI=1S/C17H15N5O2/c1-21(2)11-5-3-4-10(6-11)9-22-16(23)13-7-18-15-12(8-19-20-15)14(13)17(22)24/h3-8H,9H2,1-2H3,(H,18,19,20). The number of amides is 2. The number of nitrogens with one attached hydrogen (secondary N) is 1. The van der Waals surface area contributed by atoms with E-state index in [-0.39, 0.29) is 18.4 Å². The number of aromatic nitrogens is 3. The van der Waals surface area contributed by atoms with Crippen molar-refractivity contribution < 1.29 is 9.59 Å². The Morgan fingerprint density at radius 3 is 2.79 bits per heavy atom. The fourth-order valence-corrected chi connectivity index (χ4v) is 2.92. The Bertz CT molecular complexity index is 976. The molecule has 0 bridgehead atoms. The van der Waals surface area contributed by atoms with Crippen LogP contribution in [0.5, 0.6) is 0 Å². The van der Waals surface area contributed by atoms with Crippen molar-refractivity contribution in [3.8, 4) is 0 Å². The third-order valence-corrected chi connectivity index (χ3v) is 4.18. The van der Waals surface area contributed by atoms with Gasteiger partial charge in [0.25, 0.3) is 11.8 Å². The minimum absolute atomic E-state index is 0.230. The number of H-pyrrole nitrogens is 1. The molecule has 0 saturated heterocycles. The number of carbonyl (C=O) groups excluding carboxylic acids is 2. The summed E-state index contributed by atoms with van der Waals surface area (Å²) in [5.74, 6) is -0.625. The third kappa shape index (κ3) is 2.05. The zero-order valence-corrected chi connectivity index (χ0v) is 13.3. The van der Waals surface area contributed by atoms with Crippen LogP contribution in [0.15, 0.2) is 36.7 Å². The van der Waals surface area contributed by atoms with Crippen molar-refractivity contribution in [2.24, 2.45) is 0 Å². The molecule has 7 heteroatoms. The molecule has 3 heterocycles. The van der Waals surface area contributed by atoms with Gasteiger partial charge in [-0.05, 0) is 17.7 Å². The second kappa shape index (κ2) is 5.16. The summed E-state index contributed by atoms with van der Waals surface area (Å²) in [4.78, 5) is 32.8. The maximum absolute atomic E-state index is 12.8. The quantitative estimate of drug-likeness (QED) is 0.744. The highest BCUT2D eigenvalue weighted by molar-refractivity contribution is 6.25. The first-order chi connectivity index (χ1) is 11.6. The van der Waals surface area contributed by atoms with E-state index in [9.17, 15) is 9.59 Å². The SMILES string of the molecule is CN(C)c1cccc(CN2C(=O)c3cnc4[nH]ncc4c3C2=O)c1. The maximum Gasteiger partial charge on any atom is 0.263 e. The Morgan fingerprint density at radius 2 is 2.00 bits per heavy atom. The highest BCUT2D eigenvalue weighted by Crippen LogP contribution is 2.29. The number of aromatic amines is 1. The average molecular weight is 321 g/mol. The molecule has 0 fully saturated rings. The number of imide groups is 1. The Labute approximate surface area is 137 Å². The number of hydrogen-bond acceptors (Lipinski definition) is 5. The molecular formula is C17H15N5O2. The zero-order chi connectivity index (χ0) is 16.8. The van der Waals surface area contributed by atoms with Crippen LogP contribution in [0.1, 0.15) is 26.3 Å². The van der Waals surface area contributed by atoms with Crippen molar-refractivity contribution in [2.75, 3.05) is 19.0 Å². The number of rotatable bonds is 3. The van der Waals surface area contributed by atoms with Crippen LogP contribution < -0.4 is 4.90 Å². The van der Waals surface area contributed by atoms with Gasteiger partial charge < -0.3 is 4.90 Å². The molecule has 1 aromatic carbocycles. The smallest absolute Gasteiger partial charge is 0.263 e. The molecular weight excluding hydrogens is 306 g/mol. The Hall–Kier alpha value is -3.22. The van der Waals surface area contributed by atoms with Crippen molar-refractivity contribution in [1.29, 1.82) is 0 Å². The Balaban J connectivity index is 1.72. The Morgan fingerprint density at radius 1 is 1.17 bits per heavy atom. The topological polar surface area (TPSA) is 82.2 Å². The number of pyridine rings is 1. The summed E-state index contributed by atoms with van der Waals surface area (Å²) in [5.41, 5.74) is 3.13. The van der Waals surface area contributed by atoms with Gasteiger partial charge in [-0.15, -0.1) is 0 Å². The van der Waals surface area contributed by atoms with Gasteiger partial charge >= 0.3 is 0 Å². The van der Waals surface area contributed by atoms with Gasteiger partial charge in [-0.3, -0.25) is 19.6 Å². The van der Waals surface area contributed by atoms with Gasteiger partial charge in [0.05, 0.1) is 29.3 Å². The minimum Gasteiger partial charge on any atom is -0.378 e. The Kier molecular flexibility index (Phi) is 3.09. The van der Waals surface area contributed by atoms with Crippen molar-refractivity contribution in [3.63, 3.8) is 0 Å². The number of hydrogen-bond donors (Lipinski definition) is 1. The number of benzene rings is 1. The van der Waals surface area contributed by atoms with Gasteiger partial charge in [0, 0.05) is 26.0 Å². The van der Waals surface area contributed by atoms with E-state index in [0.717, 1.165) is 11.3 Å². The van der Waals surface area contributed by atoms with Gasteiger partial charge in [0.15, 0.2) is 5.65 Å². The van der Waals surface area contributed by atoms with Crippen LogP contribution in [0.3, 0.4) is 0 Å². The first-order valence-corrected chi connectivity index (χ1v) is 7.51. The van der Waals surface area contributed by atoms with Crippen LogP contribution in [0.2, 0.25) is 0 Å². The van der Waals surface area contributed by atoms with E-state index < -0.39 is 0 Å². The minimum atomic E-state index is -0.319. The van der Waals surface area contributed by atoms with Gasteiger partial charge in [0.1, 0.15) is 0 Å². The lowest BCUT2D eigenvalue weighted by molar-refractivity contribution is 0.0643. The molecule has 1 N–H and O–H groups in total. The molecule has 1 aliphatic rings. The first kappa shape index (κ1) is 14.4. The number of nitrogens with zero attached hydrogens (tertiary/aromatic N) is 4. The molecule has 1 aliphatic heterocycles. The normalized spacial score (nSPS) is 13.7. The largest absolute Gasteiger partial charge is 0.378 e. The van der Waals surface area contributed by atoms with Crippen LogP contribution >= 0.6 is 0 Å². The van der Waals surface area contributed by atoms with Gasteiger partial charge in [-0.1, -0.05) is 12.1 Å². The molecule has 4 rings (SSSR count). The summed E-state index contributed by atoms with van der Waals surface area (Å²) in [6.45, 7) is 0.230. The monoisotopic (exact) mass is 321 g/mol. The van der Waals surface area contributed by atoms with Crippen molar-refractivity contribution in [3.05, 3.63) is 53.3 Å². The molecule has 3 aromatic rings. The van der Waals surface area contributed by atoms with Gasteiger partial charge in [-0.25, -0.2) is 4.98 Å². The summed E-state index contributed by atoms with van der Waals surface area (Å²) in [6.07, 6.45) is 2.97. The number of carbonyl (C=O) groups is 2. The molecule has 0 radical (unpaired) electrons. The van der Waals surface area contributed by atoms with Crippen molar-refractivity contribution in [1.82, 2.24) is 20.1 Å². The average Bonchev–Trinajstić information content (AvgIpc) is 3.14. The predicted molar refractivity (Wildman–Crippen MR) is 88.9 cm³/mol. The fraction of sp³-hybridized carbons (Fsp3) is 0.176. The first-order valence-electron chi connectivity index (χ1n) is 7.51. The summed E-state index contributed by atoms with van der Waals surface area (Å²) in [5, 5.41) is 7.20. The number of anilines is 1. The van der Waals surface area contributed by atoms with E-state index in [0.29, 0.717) is 22.2 Å². The molecule has 24 heavy (non-hydrogen) atoms. The maximum atomic E-state index is 12.8. The second-order valence-electron chi connectivity index (χ2n) is 5.94. The van der Waals surface area contributed by atoms with Gasteiger partial charge in [-0.2, -0.15) is 5.10 Å². The van der Waals surface area contributed by atoms with Crippen molar-refractivity contribution >= 4 is 28.5 Å². The fourth-order valence-electron chi connectivity index (χ4n) is 2.92. The third-order valence-electron chi connectivity index (χ3n) is 4.18. The second-order valence-corrected chi connectivity index (χ2v) is 5.94. The molecule has 0 atom stereocenters. The lowest BCUT2D eigenvalue weighted by Crippen LogP contribution is -2.29. The summed E-state index contributed by atoms with van der Waals surface area (Å²) < 4.78 is 0. The van der Waals surface area contributed by atoms with Crippen LogP contribution in [0.4, 0.5) is 5.69 Å². The van der Waals surface area contributed by atoms with Gasteiger partial charge in [0.2, 0.25) is 0 Å². The van der Waals surface area contributed by atoms with Crippen LogP contribution in [-0.4, -0.2) is 46.0 Å². The summed E-state index contributed by atoms with van der Waals surface area (Å²) >= 11 is 0.